The molecule has 0 saturated carbocycles. The first-order valence-electron chi connectivity index (χ1n) is 12.6. The first kappa shape index (κ1) is 31.8. The fourth-order valence-electron chi connectivity index (χ4n) is 3.57. The Morgan fingerprint density at radius 3 is 2.05 bits per heavy atom. The summed E-state index contributed by atoms with van der Waals surface area (Å²) in [6.45, 7) is 8.96. The second kappa shape index (κ2) is 12.4. The Kier molecular flexibility index (Phi) is 9.63. The Hall–Kier alpha value is -3.73. The lowest BCUT2D eigenvalue weighted by molar-refractivity contribution is -0.138. The molecule has 41 heavy (non-hydrogen) atoms. The molecule has 0 bridgehead atoms. The summed E-state index contributed by atoms with van der Waals surface area (Å²) in [6, 6.07) is 10.8. The summed E-state index contributed by atoms with van der Waals surface area (Å²) in [6.07, 6.45) is -0.905. The minimum absolute atomic E-state index is 0.0201. The Balaban J connectivity index is 1.99. The van der Waals surface area contributed by atoms with Crippen LogP contribution in [0.2, 0.25) is 0 Å². The SMILES string of the molecule is CSc1cncc(-c2ccc(OCc3ccc(C(F)(F)F)c(OC(=O)OC(C)(C)C)c3C(=O)OC(C)(C)C)cc2)c1. The van der Waals surface area contributed by atoms with Gasteiger partial charge in [-0.15, -0.1) is 11.8 Å². The van der Waals surface area contributed by atoms with Crippen LogP contribution in [0.15, 0.2) is 59.8 Å². The second-order valence-corrected chi connectivity index (χ2v) is 11.8. The number of thioether (sulfide) groups is 1. The van der Waals surface area contributed by atoms with Crippen LogP contribution in [-0.2, 0) is 22.3 Å². The zero-order valence-corrected chi connectivity index (χ0v) is 24.7. The van der Waals surface area contributed by atoms with Crippen molar-refractivity contribution in [2.24, 2.45) is 0 Å². The zero-order chi connectivity index (χ0) is 30.6. The van der Waals surface area contributed by atoms with Crippen LogP contribution in [0.5, 0.6) is 11.5 Å². The van der Waals surface area contributed by atoms with E-state index in [-0.39, 0.29) is 12.2 Å². The summed E-state index contributed by atoms with van der Waals surface area (Å²) < 4.78 is 63.3. The maximum atomic E-state index is 14.0. The van der Waals surface area contributed by atoms with Crippen LogP contribution in [0.3, 0.4) is 0 Å². The number of aromatic nitrogens is 1. The molecule has 0 radical (unpaired) electrons. The highest BCUT2D eigenvalue weighted by Crippen LogP contribution is 2.41. The van der Waals surface area contributed by atoms with E-state index >= 15 is 0 Å². The van der Waals surface area contributed by atoms with Gasteiger partial charge in [-0.1, -0.05) is 18.2 Å². The summed E-state index contributed by atoms with van der Waals surface area (Å²) in [7, 11) is 0. The molecule has 220 valence electrons. The van der Waals surface area contributed by atoms with Crippen molar-refractivity contribution in [2.45, 2.75) is 70.4 Å². The number of ether oxygens (including phenoxy) is 4. The third-order valence-corrected chi connectivity index (χ3v) is 5.95. The van der Waals surface area contributed by atoms with Crippen molar-refractivity contribution in [1.82, 2.24) is 4.98 Å². The smallest absolute Gasteiger partial charge is 0.489 e. The topological polar surface area (TPSA) is 84.0 Å². The van der Waals surface area contributed by atoms with E-state index in [0.29, 0.717) is 5.75 Å². The number of hydrogen-bond acceptors (Lipinski definition) is 8. The van der Waals surface area contributed by atoms with Crippen molar-refractivity contribution in [3.05, 3.63) is 71.5 Å². The molecule has 0 fully saturated rings. The lowest BCUT2D eigenvalue weighted by atomic mass is 10.0. The number of carbonyl (C=O) groups excluding carboxylic acids is 2. The normalized spacial score (nSPS) is 12.0. The Bertz CT molecular complexity index is 1390. The molecule has 0 aliphatic rings. The van der Waals surface area contributed by atoms with Gasteiger partial charge in [0.05, 0.1) is 5.56 Å². The molecule has 1 aromatic heterocycles. The second-order valence-electron chi connectivity index (χ2n) is 11.0. The third-order valence-electron chi connectivity index (χ3n) is 5.26. The van der Waals surface area contributed by atoms with Crippen molar-refractivity contribution in [1.29, 1.82) is 0 Å². The van der Waals surface area contributed by atoms with Crippen LogP contribution in [0.25, 0.3) is 11.1 Å². The lowest BCUT2D eigenvalue weighted by Gasteiger charge is -2.24. The van der Waals surface area contributed by atoms with Gasteiger partial charge in [-0.3, -0.25) is 4.98 Å². The molecule has 0 unspecified atom stereocenters. The molecular formula is C30H32F3NO6S. The van der Waals surface area contributed by atoms with Crippen LogP contribution in [-0.4, -0.2) is 34.6 Å². The summed E-state index contributed by atoms with van der Waals surface area (Å²) >= 11 is 1.57. The number of hydrogen-bond donors (Lipinski definition) is 0. The zero-order valence-electron chi connectivity index (χ0n) is 23.8. The summed E-state index contributed by atoms with van der Waals surface area (Å²) in [5.41, 5.74) is -2.21. The third kappa shape index (κ3) is 9.14. The predicted molar refractivity (Wildman–Crippen MR) is 149 cm³/mol. The molecule has 7 nitrogen and oxygen atoms in total. The molecule has 3 rings (SSSR count). The predicted octanol–water partition coefficient (Wildman–Crippen LogP) is 8.34. The number of benzene rings is 2. The molecule has 3 aromatic rings. The molecule has 0 aliphatic heterocycles. The number of nitrogens with zero attached hydrogens (tertiary/aromatic N) is 1. The van der Waals surface area contributed by atoms with Crippen LogP contribution < -0.4 is 9.47 Å². The van der Waals surface area contributed by atoms with Gasteiger partial charge in [0.2, 0.25) is 0 Å². The van der Waals surface area contributed by atoms with Gasteiger partial charge in [0, 0.05) is 28.4 Å². The summed E-state index contributed by atoms with van der Waals surface area (Å²) in [4.78, 5) is 30.9. The first-order chi connectivity index (χ1) is 19.0. The van der Waals surface area contributed by atoms with Crippen molar-refractivity contribution in [3.63, 3.8) is 0 Å². The quantitative estimate of drug-likeness (QED) is 0.154. The summed E-state index contributed by atoms with van der Waals surface area (Å²) in [5, 5.41) is 0. The van der Waals surface area contributed by atoms with Gasteiger partial charge in [-0.05, 0) is 77.6 Å². The molecule has 0 aliphatic carbocycles. The van der Waals surface area contributed by atoms with Crippen molar-refractivity contribution in [2.75, 3.05) is 6.26 Å². The largest absolute Gasteiger partial charge is 0.514 e. The van der Waals surface area contributed by atoms with E-state index in [4.69, 9.17) is 18.9 Å². The number of carbonyl (C=O) groups is 2. The lowest BCUT2D eigenvalue weighted by Crippen LogP contribution is -2.29. The van der Waals surface area contributed by atoms with Gasteiger partial charge >= 0.3 is 18.3 Å². The van der Waals surface area contributed by atoms with Crippen LogP contribution in [0.4, 0.5) is 18.0 Å². The average Bonchev–Trinajstić information content (AvgIpc) is 2.84. The molecule has 1 heterocycles. The van der Waals surface area contributed by atoms with Crippen LogP contribution >= 0.6 is 11.8 Å². The van der Waals surface area contributed by atoms with E-state index in [2.05, 4.69) is 4.98 Å². The van der Waals surface area contributed by atoms with Crippen molar-refractivity contribution >= 4 is 23.9 Å². The monoisotopic (exact) mass is 591 g/mol. The number of pyridine rings is 1. The standard InChI is InChI=1S/C30H32F3NO6S/c1-28(2,3)39-26(35)24-19(10-13-23(30(31,32)33)25(24)38-27(36)40-29(4,5)6)17-37-21-11-8-18(9-12-21)20-14-22(41-7)16-34-15-20/h8-16H,17H2,1-7H3. The average molecular weight is 592 g/mol. The first-order valence-corrected chi connectivity index (χ1v) is 13.8. The summed E-state index contributed by atoms with van der Waals surface area (Å²) in [5.74, 6) is -1.73. The van der Waals surface area contributed by atoms with E-state index in [1.54, 1.807) is 57.1 Å². The highest BCUT2D eigenvalue weighted by atomic mass is 32.2. The van der Waals surface area contributed by atoms with Gasteiger partial charge in [-0.25, -0.2) is 9.59 Å². The van der Waals surface area contributed by atoms with E-state index in [0.717, 1.165) is 28.2 Å². The fraction of sp³-hybridized carbons (Fsp3) is 0.367. The fourth-order valence-corrected chi connectivity index (χ4v) is 3.98. The van der Waals surface area contributed by atoms with Crippen LogP contribution in [0.1, 0.15) is 63.0 Å². The van der Waals surface area contributed by atoms with Crippen molar-refractivity contribution < 1.29 is 41.7 Å². The molecule has 0 atom stereocenters. The van der Waals surface area contributed by atoms with Gasteiger partial charge in [0.25, 0.3) is 0 Å². The highest BCUT2D eigenvalue weighted by molar-refractivity contribution is 7.98. The van der Waals surface area contributed by atoms with E-state index in [1.807, 2.05) is 24.5 Å². The molecular weight excluding hydrogens is 559 g/mol. The van der Waals surface area contributed by atoms with E-state index < -0.39 is 46.4 Å². The number of esters is 1. The van der Waals surface area contributed by atoms with Gasteiger partial charge in [-0.2, -0.15) is 13.2 Å². The maximum Gasteiger partial charge on any atom is 0.514 e. The molecule has 0 amide bonds. The number of alkyl halides is 3. The minimum atomic E-state index is -4.95. The molecule has 0 saturated heterocycles. The van der Waals surface area contributed by atoms with Gasteiger partial charge < -0.3 is 18.9 Å². The van der Waals surface area contributed by atoms with E-state index in [1.165, 1.54) is 20.8 Å². The Morgan fingerprint density at radius 2 is 1.49 bits per heavy atom. The van der Waals surface area contributed by atoms with E-state index in [9.17, 15) is 22.8 Å². The van der Waals surface area contributed by atoms with Gasteiger partial charge in [0.1, 0.15) is 29.1 Å². The minimum Gasteiger partial charge on any atom is -0.489 e. The molecule has 0 N–H and O–H groups in total. The maximum absolute atomic E-state index is 14.0. The van der Waals surface area contributed by atoms with Crippen LogP contribution in [0, 0.1) is 0 Å². The molecule has 0 spiro atoms. The Labute approximate surface area is 241 Å². The number of halogens is 3. The molecule has 11 heteroatoms. The number of rotatable bonds is 7. The molecule has 2 aromatic carbocycles. The van der Waals surface area contributed by atoms with Crippen molar-refractivity contribution in [3.8, 4) is 22.6 Å². The highest BCUT2D eigenvalue weighted by Gasteiger charge is 2.40. The van der Waals surface area contributed by atoms with Gasteiger partial charge in [0.15, 0.2) is 5.75 Å². The Morgan fingerprint density at radius 1 is 0.854 bits per heavy atom.